The van der Waals surface area contributed by atoms with Gasteiger partial charge in [-0.15, -0.1) is 0 Å². The number of aliphatic hydroxyl groups is 1. The standard InChI is InChI=1S/C15H19NO/c16-11-13-6-3-7-14(10-13)15(17)9-8-12-4-1-2-5-12/h3,6-7,10,12,15,17H,1-2,4-5,8-9H2. The molecule has 2 nitrogen and oxygen atoms in total. The summed E-state index contributed by atoms with van der Waals surface area (Å²) < 4.78 is 0. The number of hydrogen-bond donors (Lipinski definition) is 1. The Morgan fingerprint density at radius 2 is 2.12 bits per heavy atom. The van der Waals surface area contributed by atoms with E-state index in [1.807, 2.05) is 12.1 Å². The van der Waals surface area contributed by atoms with Crippen molar-refractivity contribution in [2.45, 2.75) is 44.6 Å². The van der Waals surface area contributed by atoms with Gasteiger partial charge in [0.1, 0.15) is 0 Å². The lowest BCUT2D eigenvalue weighted by atomic mass is 9.96. The molecule has 1 aromatic carbocycles. The maximum atomic E-state index is 10.1. The van der Waals surface area contributed by atoms with Crippen molar-refractivity contribution in [3.63, 3.8) is 0 Å². The van der Waals surface area contributed by atoms with Gasteiger partial charge in [-0.3, -0.25) is 0 Å². The quantitative estimate of drug-likeness (QED) is 0.857. The lowest BCUT2D eigenvalue weighted by Crippen LogP contribution is -2.01. The first-order chi connectivity index (χ1) is 8.29. The van der Waals surface area contributed by atoms with Gasteiger partial charge in [0.15, 0.2) is 0 Å². The second-order valence-corrected chi connectivity index (χ2v) is 4.98. The van der Waals surface area contributed by atoms with Crippen LogP contribution >= 0.6 is 0 Å². The highest BCUT2D eigenvalue weighted by molar-refractivity contribution is 5.33. The molecule has 90 valence electrons. The summed E-state index contributed by atoms with van der Waals surface area (Å²) in [4.78, 5) is 0. The van der Waals surface area contributed by atoms with Crippen LogP contribution in [0.3, 0.4) is 0 Å². The predicted octanol–water partition coefficient (Wildman–Crippen LogP) is 3.56. The fourth-order valence-electron chi connectivity index (χ4n) is 2.67. The van der Waals surface area contributed by atoms with Crippen LogP contribution < -0.4 is 0 Å². The zero-order valence-corrected chi connectivity index (χ0v) is 10.1. The molecule has 0 aliphatic heterocycles. The van der Waals surface area contributed by atoms with Gasteiger partial charge in [0.05, 0.1) is 17.7 Å². The Labute approximate surface area is 103 Å². The largest absolute Gasteiger partial charge is 0.388 e. The molecule has 1 aromatic rings. The van der Waals surface area contributed by atoms with Crippen LogP contribution in [0.2, 0.25) is 0 Å². The zero-order chi connectivity index (χ0) is 12.1. The summed E-state index contributed by atoms with van der Waals surface area (Å²) in [7, 11) is 0. The summed E-state index contributed by atoms with van der Waals surface area (Å²) in [6.07, 6.45) is 6.87. The van der Waals surface area contributed by atoms with E-state index in [-0.39, 0.29) is 0 Å². The van der Waals surface area contributed by atoms with E-state index >= 15 is 0 Å². The molecule has 0 saturated heterocycles. The molecule has 1 N–H and O–H groups in total. The fourth-order valence-corrected chi connectivity index (χ4v) is 2.67. The molecule has 2 heteroatoms. The van der Waals surface area contributed by atoms with Crippen LogP contribution in [0.25, 0.3) is 0 Å². The molecule has 0 aromatic heterocycles. The number of nitriles is 1. The van der Waals surface area contributed by atoms with Crippen LogP contribution in [0.15, 0.2) is 24.3 Å². The monoisotopic (exact) mass is 229 g/mol. The Bertz CT molecular complexity index is 402. The van der Waals surface area contributed by atoms with Crippen molar-refractivity contribution < 1.29 is 5.11 Å². The average molecular weight is 229 g/mol. The third kappa shape index (κ3) is 3.31. The minimum atomic E-state index is -0.413. The smallest absolute Gasteiger partial charge is 0.0991 e. The van der Waals surface area contributed by atoms with Gasteiger partial charge in [-0.25, -0.2) is 0 Å². The Kier molecular flexibility index (Phi) is 4.17. The van der Waals surface area contributed by atoms with E-state index in [4.69, 9.17) is 5.26 Å². The Morgan fingerprint density at radius 1 is 1.35 bits per heavy atom. The molecule has 0 bridgehead atoms. The second kappa shape index (κ2) is 5.84. The molecule has 1 atom stereocenters. The molecule has 2 rings (SSSR count). The summed E-state index contributed by atoms with van der Waals surface area (Å²) >= 11 is 0. The van der Waals surface area contributed by atoms with Gasteiger partial charge < -0.3 is 5.11 Å². The fraction of sp³-hybridized carbons (Fsp3) is 0.533. The number of aliphatic hydroxyl groups excluding tert-OH is 1. The van der Waals surface area contributed by atoms with E-state index in [2.05, 4.69) is 6.07 Å². The lowest BCUT2D eigenvalue weighted by Gasteiger charge is -2.14. The van der Waals surface area contributed by atoms with Crippen molar-refractivity contribution in [2.75, 3.05) is 0 Å². The third-order valence-electron chi connectivity index (χ3n) is 3.72. The second-order valence-electron chi connectivity index (χ2n) is 4.98. The van der Waals surface area contributed by atoms with Gasteiger partial charge in [0, 0.05) is 0 Å². The van der Waals surface area contributed by atoms with Crippen LogP contribution in [0.4, 0.5) is 0 Å². The molecule has 17 heavy (non-hydrogen) atoms. The summed E-state index contributed by atoms with van der Waals surface area (Å²) in [6.45, 7) is 0. The number of hydrogen-bond acceptors (Lipinski definition) is 2. The van der Waals surface area contributed by atoms with Gasteiger partial charge in [-0.05, 0) is 36.5 Å². The molecule has 1 aliphatic rings. The third-order valence-corrected chi connectivity index (χ3v) is 3.72. The van der Waals surface area contributed by atoms with Crippen molar-refractivity contribution in [3.05, 3.63) is 35.4 Å². The molecule has 1 saturated carbocycles. The van der Waals surface area contributed by atoms with Crippen LogP contribution in [0.5, 0.6) is 0 Å². The summed E-state index contributed by atoms with van der Waals surface area (Å²) in [5.74, 6) is 0.809. The van der Waals surface area contributed by atoms with Crippen molar-refractivity contribution in [1.29, 1.82) is 5.26 Å². The molecular weight excluding hydrogens is 210 g/mol. The van der Waals surface area contributed by atoms with Crippen molar-refractivity contribution in [3.8, 4) is 6.07 Å². The van der Waals surface area contributed by atoms with Gasteiger partial charge >= 0.3 is 0 Å². The van der Waals surface area contributed by atoms with E-state index in [0.29, 0.717) is 5.56 Å². The predicted molar refractivity (Wildman–Crippen MR) is 67.3 cm³/mol. The Morgan fingerprint density at radius 3 is 2.82 bits per heavy atom. The van der Waals surface area contributed by atoms with E-state index in [9.17, 15) is 5.11 Å². The van der Waals surface area contributed by atoms with E-state index < -0.39 is 6.10 Å². The molecule has 1 unspecified atom stereocenters. The molecule has 0 spiro atoms. The lowest BCUT2D eigenvalue weighted by molar-refractivity contribution is 0.157. The van der Waals surface area contributed by atoms with E-state index in [1.54, 1.807) is 12.1 Å². The van der Waals surface area contributed by atoms with Crippen LogP contribution in [-0.2, 0) is 0 Å². The SMILES string of the molecule is N#Cc1cccc(C(O)CCC2CCCC2)c1. The molecule has 1 aliphatic carbocycles. The molecule has 1 fully saturated rings. The minimum absolute atomic E-state index is 0.413. The van der Waals surface area contributed by atoms with Gasteiger partial charge in [0.25, 0.3) is 0 Å². The number of nitrogens with zero attached hydrogens (tertiary/aromatic N) is 1. The van der Waals surface area contributed by atoms with Crippen molar-refractivity contribution in [1.82, 2.24) is 0 Å². The Hall–Kier alpha value is -1.33. The topological polar surface area (TPSA) is 44.0 Å². The first kappa shape index (κ1) is 12.1. The maximum Gasteiger partial charge on any atom is 0.0991 e. The van der Waals surface area contributed by atoms with E-state index in [1.165, 1.54) is 25.7 Å². The normalized spacial score (nSPS) is 17.9. The summed E-state index contributed by atoms with van der Waals surface area (Å²) in [5, 5.41) is 18.9. The molecule has 0 radical (unpaired) electrons. The Balaban J connectivity index is 1.89. The maximum absolute atomic E-state index is 10.1. The van der Waals surface area contributed by atoms with Gasteiger partial charge in [-0.1, -0.05) is 37.8 Å². The highest BCUT2D eigenvalue weighted by atomic mass is 16.3. The summed E-state index contributed by atoms with van der Waals surface area (Å²) in [6, 6.07) is 9.41. The first-order valence-corrected chi connectivity index (χ1v) is 6.47. The van der Waals surface area contributed by atoms with Crippen LogP contribution in [0.1, 0.15) is 55.8 Å². The van der Waals surface area contributed by atoms with E-state index in [0.717, 1.165) is 24.3 Å². The summed E-state index contributed by atoms with van der Waals surface area (Å²) in [5.41, 5.74) is 1.50. The first-order valence-electron chi connectivity index (χ1n) is 6.47. The highest BCUT2D eigenvalue weighted by Crippen LogP contribution is 2.31. The number of rotatable bonds is 4. The van der Waals surface area contributed by atoms with Gasteiger partial charge in [0.2, 0.25) is 0 Å². The molecule has 0 heterocycles. The van der Waals surface area contributed by atoms with Crippen LogP contribution in [-0.4, -0.2) is 5.11 Å². The molecule has 0 amide bonds. The highest BCUT2D eigenvalue weighted by Gasteiger charge is 2.17. The van der Waals surface area contributed by atoms with Crippen molar-refractivity contribution >= 4 is 0 Å². The van der Waals surface area contributed by atoms with Crippen molar-refractivity contribution in [2.24, 2.45) is 5.92 Å². The zero-order valence-electron chi connectivity index (χ0n) is 10.1. The minimum Gasteiger partial charge on any atom is -0.388 e. The molecular formula is C15H19NO. The van der Waals surface area contributed by atoms with Crippen LogP contribution in [0, 0.1) is 17.2 Å². The van der Waals surface area contributed by atoms with Gasteiger partial charge in [-0.2, -0.15) is 5.26 Å². The average Bonchev–Trinajstić information content (AvgIpc) is 2.89. The number of benzene rings is 1.